The number of nitrogens with one attached hydrogen (secondary N) is 9. The molecule has 2 aromatic carbocycles. The van der Waals surface area contributed by atoms with Crippen LogP contribution < -0.4 is 65.5 Å². The first kappa shape index (κ1) is 68.1. The Morgan fingerprint density at radius 2 is 1.12 bits per heavy atom. The van der Waals surface area contributed by atoms with Crippen LogP contribution in [0.2, 0.25) is 0 Å². The summed E-state index contributed by atoms with van der Waals surface area (Å²) in [6, 6.07) is 4.56. The number of fused-ring (bicyclic) bond motifs is 1. The second-order valence-electron chi connectivity index (χ2n) is 22.0. The van der Waals surface area contributed by atoms with Crippen molar-refractivity contribution in [2.75, 3.05) is 37.7 Å². The van der Waals surface area contributed by atoms with Gasteiger partial charge in [-0.1, -0.05) is 96.1 Å². The van der Waals surface area contributed by atoms with Crippen LogP contribution >= 0.6 is 21.6 Å². The fourth-order valence-electron chi connectivity index (χ4n) is 10.0. The molecule has 0 aromatic heterocycles. The average molecular weight is 1220 g/mol. The molecule has 9 amide bonds. The van der Waals surface area contributed by atoms with Gasteiger partial charge in [0.05, 0.1) is 6.04 Å². The molecule has 29 heteroatoms. The molecular weight excluding hydrogens is 1140 g/mol. The molecule has 0 bridgehead atoms. The highest BCUT2D eigenvalue weighted by molar-refractivity contribution is 8.76. The third-order valence-corrected chi connectivity index (χ3v) is 17.2. The normalized spacial score (nSPS) is 26.5. The molecule has 18 N–H and O–H groups in total. The number of rotatable bonds is 13. The third-order valence-electron chi connectivity index (χ3n) is 14.7. The summed E-state index contributed by atoms with van der Waals surface area (Å²) in [6.45, 7) is 7.45. The summed E-state index contributed by atoms with van der Waals surface area (Å²) in [5.74, 6) is -9.07. The predicted molar refractivity (Wildman–Crippen MR) is 323 cm³/mol. The maximum atomic E-state index is 14.8. The fourth-order valence-corrected chi connectivity index (χ4v) is 12.3. The smallest absolute Gasteiger partial charge is 0.327 e. The number of benzene rings is 2. The van der Waals surface area contributed by atoms with E-state index >= 15 is 0 Å². The van der Waals surface area contributed by atoms with Crippen molar-refractivity contribution >= 4 is 92.6 Å². The van der Waals surface area contributed by atoms with E-state index in [2.05, 4.69) is 47.5 Å². The lowest BCUT2D eigenvalue weighted by atomic mass is 9.89. The van der Waals surface area contributed by atoms with E-state index in [1.54, 1.807) is 65.6 Å². The van der Waals surface area contributed by atoms with Gasteiger partial charge >= 0.3 is 5.97 Å². The van der Waals surface area contributed by atoms with Gasteiger partial charge in [-0.3, -0.25) is 53.6 Å². The summed E-state index contributed by atoms with van der Waals surface area (Å²) in [5.41, 5.74) is 24.5. The van der Waals surface area contributed by atoms with Gasteiger partial charge in [-0.05, 0) is 88.2 Å². The van der Waals surface area contributed by atoms with Crippen LogP contribution in [0.25, 0.3) is 0 Å². The van der Waals surface area contributed by atoms with Gasteiger partial charge in [0.2, 0.25) is 53.2 Å². The third kappa shape index (κ3) is 22.0. The van der Waals surface area contributed by atoms with Crippen LogP contribution in [0.1, 0.15) is 90.2 Å². The molecule has 3 fully saturated rings. The second-order valence-corrected chi connectivity index (χ2v) is 24.6. The number of guanidine groups is 2. The lowest BCUT2D eigenvalue weighted by molar-refractivity contribution is -0.141. The van der Waals surface area contributed by atoms with Crippen molar-refractivity contribution in [2.24, 2.45) is 39.8 Å². The standard InChI is InChI=1S/C56H84N16O11S2/c1-31(2)25-39-49(77)69-42(27-35-15-9-6-10-16-35)51(79)70-43(54(82)83)30-85-84-29-37(57)53(81)72-22-12-18-44(72)52(80)64-33(4)45(73)65-38(17-11-21-62-55(58)59)47(75)67-41(26-34-13-7-5-8-14-34)50(78)68-40(48(76)63-32(3)46(74)66-39)28-36-19-23-71(24-20-36)56(60)61/h5-10,13-16,31-33,36-44H,11-12,17-30,57H2,1-4H3,(H3,60,61)(H,63,76)(H,64,80)(H,65,73)(H,66,74)(H,67,75)(H,68,78)(H,69,77)(H,70,79)(H,82,83)(H4,58,59,62)/t32-,33-,37-,38-,39-,40-,41-,42-,43-,44-/m0/s1. The number of carbonyl (C=O) groups is 10. The van der Waals surface area contributed by atoms with Crippen molar-refractivity contribution in [3.8, 4) is 0 Å². The first-order valence-electron chi connectivity index (χ1n) is 28.6. The van der Waals surface area contributed by atoms with E-state index in [-0.39, 0.29) is 93.3 Å². The van der Waals surface area contributed by atoms with E-state index in [0.717, 1.165) is 21.6 Å². The number of aliphatic carboxylic acids is 1. The van der Waals surface area contributed by atoms with E-state index in [1.165, 1.54) is 18.7 Å². The van der Waals surface area contributed by atoms with E-state index in [0.29, 0.717) is 43.5 Å². The number of likely N-dealkylation sites (tertiary alicyclic amines) is 1. The summed E-state index contributed by atoms with van der Waals surface area (Å²) in [7, 11) is 2.10. The van der Waals surface area contributed by atoms with Crippen LogP contribution in [0.5, 0.6) is 0 Å². The number of amides is 9. The van der Waals surface area contributed by atoms with Crippen LogP contribution in [-0.2, 0) is 60.8 Å². The molecule has 27 nitrogen and oxygen atoms in total. The highest BCUT2D eigenvalue weighted by Gasteiger charge is 2.39. The molecule has 0 aliphatic carbocycles. The zero-order valence-electron chi connectivity index (χ0n) is 48.5. The first-order valence-corrected chi connectivity index (χ1v) is 31.1. The van der Waals surface area contributed by atoms with Crippen LogP contribution in [-0.4, -0.2) is 184 Å². The Balaban J connectivity index is 1.51. The summed E-state index contributed by atoms with van der Waals surface area (Å²) in [4.78, 5) is 148. The lowest BCUT2D eigenvalue weighted by Crippen LogP contribution is -2.60. The van der Waals surface area contributed by atoms with Crippen LogP contribution in [0.3, 0.4) is 0 Å². The molecule has 0 saturated carbocycles. The summed E-state index contributed by atoms with van der Waals surface area (Å²) in [5, 5.41) is 39.8. The molecule has 85 heavy (non-hydrogen) atoms. The van der Waals surface area contributed by atoms with Gasteiger partial charge in [0.1, 0.15) is 54.4 Å². The second kappa shape index (κ2) is 33.7. The van der Waals surface area contributed by atoms with E-state index in [1.807, 2.05) is 13.8 Å². The Labute approximate surface area is 502 Å². The van der Waals surface area contributed by atoms with Crippen molar-refractivity contribution in [1.29, 1.82) is 5.41 Å². The quantitative estimate of drug-likeness (QED) is 0.0459. The van der Waals surface area contributed by atoms with Crippen molar-refractivity contribution in [2.45, 2.75) is 152 Å². The molecule has 3 saturated heterocycles. The van der Waals surface area contributed by atoms with Crippen LogP contribution in [0.4, 0.5) is 0 Å². The zero-order chi connectivity index (χ0) is 62.3. The average Bonchev–Trinajstić information content (AvgIpc) is 4.16. The number of hydrogen-bond donors (Lipinski definition) is 14. The number of carboxylic acids is 1. The van der Waals surface area contributed by atoms with Crippen molar-refractivity contribution in [3.63, 3.8) is 0 Å². The monoisotopic (exact) mass is 1220 g/mol. The van der Waals surface area contributed by atoms with Gasteiger partial charge in [0.15, 0.2) is 11.9 Å². The van der Waals surface area contributed by atoms with E-state index in [4.69, 9.17) is 28.3 Å². The molecule has 3 heterocycles. The Bertz CT molecular complexity index is 2680. The van der Waals surface area contributed by atoms with E-state index < -0.39 is 120 Å². The number of nitrogens with zero attached hydrogens (tertiary/aromatic N) is 3. The summed E-state index contributed by atoms with van der Waals surface area (Å²) in [6.07, 6.45) is 1.76. The Morgan fingerprint density at radius 1 is 0.635 bits per heavy atom. The van der Waals surface area contributed by atoms with Gasteiger partial charge in [0, 0.05) is 50.5 Å². The van der Waals surface area contributed by atoms with Crippen molar-refractivity contribution in [1.82, 2.24) is 52.3 Å². The first-order chi connectivity index (χ1) is 40.4. The minimum Gasteiger partial charge on any atom is -0.480 e. The molecule has 0 spiro atoms. The minimum absolute atomic E-state index is 0.0188. The van der Waals surface area contributed by atoms with E-state index in [9.17, 15) is 53.1 Å². The molecule has 0 radical (unpaired) electrons. The predicted octanol–water partition coefficient (Wildman–Crippen LogP) is -1.72. The maximum Gasteiger partial charge on any atom is 0.327 e. The van der Waals surface area contributed by atoms with Gasteiger partial charge in [-0.15, -0.1) is 0 Å². The molecule has 466 valence electrons. The van der Waals surface area contributed by atoms with Gasteiger partial charge in [0.25, 0.3) is 0 Å². The SMILES string of the molecule is CC(C)C[C@@H]1NC(=O)[C@H](C)NC(=O)[C@H](CC2CCN(C(=N)N)CC2)NC(=O)[C@H](Cc2ccccc2)NC(=O)[C@H](CCCN=C(N)N)NC(=O)[C@H](C)NC(=O)[C@@H]2CCCN2C(=O)[C@@H](N)CSSC[C@@H](C(=O)O)NC(=O)[C@H](Cc2ccccc2)NC1=O. The Kier molecular flexibility index (Phi) is 27.0. The molecule has 10 atom stereocenters. The summed E-state index contributed by atoms with van der Waals surface area (Å²) < 4.78 is 0. The number of aliphatic imine (C=N–C) groups is 1. The topological polar surface area (TPSA) is 434 Å². The number of nitrogens with two attached hydrogens (primary N) is 4. The largest absolute Gasteiger partial charge is 0.480 e. The number of hydrogen-bond acceptors (Lipinski definition) is 15. The maximum absolute atomic E-state index is 14.8. The Hall–Kier alpha value is -7.66. The molecule has 2 aromatic rings. The Morgan fingerprint density at radius 3 is 1.66 bits per heavy atom. The van der Waals surface area contributed by atoms with Crippen LogP contribution in [0, 0.1) is 17.2 Å². The van der Waals surface area contributed by atoms with Gasteiger partial charge in [-0.25, -0.2) is 4.79 Å². The zero-order valence-corrected chi connectivity index (χ0v) is 50.1. The molecule has 3 aliphatic heterocycles. The lowest BCUT2D eigenvalue weighted by Gasteiger charge is -2.34. The molecule has 0 unspecified atom stereocenters. The van der Waals surface area contributed by atoms with Crippen molar-refractivity contribution < 1.29 is 53.1 Å². The molecule has 5 rings (SSSR count). The van der Waals surface area contributed by atoms with Gasteiger partial charge < -0.3 is 80.4 Å². The minimum atomic E-state index is -1.48. The number of carboxylic acid groups (broad SMARTS) is 1. The fraction of sp³-hybridized carbons (Fsp3) is 0.571. The highest BCUT2D eigenvalue weighted by atomic mass is 33.1. The number of piperidine rings is 1. The van der Waals surface area contributed by atoms with Crippen LogP contribution in [0.15, 0.2) is 65.7 Å². The highest BCUT2D eigenvalue weighted by Crippen LogP contribution is 2.26. The molecule has 3 aliphatic rings. The number of carbonyl (C=O) groups excluding carboxylic acids is 9. The summed E-state index contributed by atoms with van der Waals surface area (Å²) >= 11 is 0. The molecular formula is C56H84N16O11S2. The van der Waals surface area contributed by atoms with Gasteiger partial charge in [-0.2, -0.15) is 0 Å². The van der Waals surface area contributed by atoms with Crippen molar-refractivity contribution in [3.05, 3.63) is 71.8 Å².